The molecule has 0 rings (SSSR count). The number of primary amides is 1. The van der Waals surface area contributed by atoms with Gasteiger partial charge in [-0.3, -0.25) is 28.8 Å². The summed E-state index contributed by atoms with van der Waals surface area (Å²) in [7, 11) is 0. The van der Waals surface area contributed by atoms with Crippen LogP contribution in [0.3, 0.4) is 0 Å². The molecule has 35 heavy (non-hydrogen) atoms. The van der Waals surface area contributed by atoms with Crippen LogP contribution >= 0.6 is 0 Å². The Morgan fingerprint density at radius 2 is 1.23 bits per heavy atom. The van der Waals surface area contributed by atoms with Gasteiger partial charge in [-0.15, -0.1) is 0 Å². The number of aliphatic carboxylic acids is 3. The van der Waals surface area contributed by atoms with Crippen LogP contribution in [-0.4, -0.2) is 81.0 Å². The second-order valence-electron chi connectivity index (χ2n) is 8.29. The molecule has 10 N–H and O–H groups in total. The highest BCUT2D eigenvalue weighted by atomic mass is 16.4. The Kier molecular flexibility index (Phi) is 13.6. The highest BCUT2D eigenvalue weighted by Crippen LogP contribution is 2.08. The smallest absolute Gasteiger partial charge is 0.326 e. The molecule has 4 atom stereocenters. The molecule has 0 aromatic heterocycles. The standard InChI is InChI=1S/C20H33N5O10/c1-9(2)7-12(19(33)25-13(20(34)35)8-16(29)30)24-18(32)11(4-5-14(22)26)23-17(31)10(21)3-6-15(27)28/h9-13H,3-8,21H2,1-2H3,(H2,22,26)(H,23,31)(H,24,32)(H,25,33)(H,27,28)(H,29,30)(H,34,35). The first-order valence-electron chi connectivity index (χ1n) is 10.7. The largest absolute Gasteiger partial charge is 0.481 e. The first-order valence-corrected chi connectivity index (χ1v) is 10.7. The van der Waals surface area contributed by atoms with E-state index < -0.39 is 78.5 Å². The molecule has 15 nitrogen and oxygen atoms in total. The molecule has 0 bridgehead atoms. The molecule has 4 amide bonds. The fourth-order valence-electron chi connectivity index (χ4n) is 2.87. The zero-order chi connectivity index (χ0) is 27.3. The summed E-state index contributed by atoms with van der Waals surface area (Å²) in [6.07, 6.45) is -2.05. The van der Waals surface area contributed by atoms with Crippen molar-refractivity contribution in [2.45, 2.75) is 76.5 Å². The molecule has 198 valence electrons. The van der Waals surface area contributed by atoms with E-state index in [1.807, 2.05) is 0 Å². The minimum absolute atomic E-state index is 0.0333. The molecule has 0 radical (unpaired) electrons. The van der Waals surface area contributed by atoms with Gasteiger partial charge in [0.25, 0.3) is 0 Å². The van der Waals surface area contributed by atoms with Crippen molar-refractivity contribution in [3.63, 3.8) is 0 Å². The molecule has 0 aromatic carbocycles. The van der Waals surface area contributed by atoms with Gasteiger partial charge in [0.2, 0.25) is 23.6 Å². The monoisotopic (exact) mass is 503 g/mol. The Bertz CT molecular complexity index is 816. The topological polar surface area (TPSA) is 268 Å². The van der Waals surface area contributed by atoms with Crippen LogP contribution in [0.25, 0.3) is 0 Å². The van der Waals surface area contributed by atoms with E-state index in [9.17, 15) is 33.6 Å². The lowest BCUT2D eigenvalue weighted by atomic mass is 10.0. The lowest BCUT2D eigenvalue weighted by Gasteiger charge is -2.25. The molecule has 0 heterocycles. The number of hydrogen-bond donors (Lipinski definition) is 8. The van der Waals surface area contributed by atoms with Crippen molar-refractivity contribution in [2.75, 3.05) is 0 Å². The summed E-state index contributed by atoms with van der Waals surface area (Å²) in [5.41, 5.74) is 10.8. The number of carboxylic acid groups (broad SMARTS) is 3. The summed E-state index contributed by atoms with van der Waals surface area (Å²) in [6, 6.07) is -5.68. The SMILES string of the molecule is CC(C)CC(NC(=O)C(CCC(N)=O)NC(=O)C(N)CCC(=O)O)C(=O)NC(CC(=O)O)C(=O)O. The molecule has 0 saturated carbocycles. The number of carbonyl (C=O) groups is 7. The normalized spacial score (nSPS) is 14.2. The fraction of sp³-hybridized carbons (Fsp3) is 0.650. The Morgan fingerprint density at radius 3 is 1.69 bits per heavy atom. The van der Waals surface area contributed by atoms with Crippen molar-refractivity contribution in [1.82, 2.24) is 16.0 Å². The predicted molar refractivity (Wildman–Crippen MR) is 118 cm³/mol. The van der Waals surface area contributed by atoms with E-state index in [0.29, 0.717) is 0 Å². The number of rotatable bonds is 17. The summed E-state index contributed by atoms with van der Waals surface area (Å²) < 4.78 is 0. The Hall–Kier alpha value is -3.75. The maximum absolute atomic E-state index is 12.9. The molecule has 0 aliphatic rings. The molecular weight excluding hydrogens is 470 g/mol. The van der Waals surface area contributed by atoms with Gasteiger partial charge in [-0.1, -0.05) is 13.8 Å². The lowest BCUT2D eigenvalue weighted by molar-refractivity contribution is -0.147. The summed E-state index contributed by atoms with van der Waals surface area (Å²) in [5.74, 6) is -7.91. The van der Waals surface area contributed by atoms with E-state index in [4.69, 9.17) is 26.8 Å². The zero-order valence-electron chi connectivity index (χ0n) is 19.5. The average molecular weight is 504 g/mol. The van der Waals surface area contributed by atoms with E-state index in [-0.39, 0.29) is 31.6 Å². The maximum atomic E-state index is 12.9. The van der Waals surface area contributed by atoms with Gasteiger partial charge in [-0.25, -0.2) is 4.79 Å². The van der Waals surface area contributed by atoms with Crippen molar-refractivity contribution in [3.8, 4) is 0 Å². The van der Waals surface area contributed by atoms with Crippen molar-refractivity contribution < 1.29 is 48.9 Å². The van der Waals surface area contributed by atoms with Crippen LogP contribution in [0.1, 0.15) is 52.4 Å². The van der Waals surface area contributed by atoms with Crippen molar-refractivity contribution >= 4 is 41.5 Å². The van der Waals surface area contributed by atoms with Crippen LogP contribution in [0.2, 0.25) is 0 Å². The number of nitrogens with two attached hydrogens (primary N) is 2. The van der Waals surface area contributed by atoms with E-state index in [0.717, 1.165) is 0 Å². The average Bonchev–Trinajstić information content (AvgIpc) is 2.72. The zero-order valence-corrected chi connectivity index (χ0v) is 19.5. The molecule has 0 spiro atoms. The van der Waals surface area contributed by atoms with Gasteiger partial charge in [0.05, 0.1) is 12.5 Å². The number of carbonyl (C=O) groups excluding carboxylic acids is 4. The van der Waals surface area contributed by atoms with Crippen molar-refractivity contribution in [3.05, 3.63) is 0 Å². The summed E-state index contributed by atoms with van der Waals surface area (Å²) in [6.45, 7) is 3.43. The second kappa shape index (κ2) is 15.2. The van der Waals surface area contributed by atoms with Gasteiger partial charge in [-0.2, -0.15) is 0 Å². The molecule has 15 heteroatoms. The minimum atomic E-state index is -1.75. The first kappa shape index (κ1) is 31.2. The van der Waals surface area contributed by atoms with Gasteiger partial charge >= 0.3 is 17.9 Å². The lowest BCUT2D eigenvalue weighted by Crippen LogP contribution is -2.57. The Morgan fingerprint density at radius 1 is 0.714 bits per heavy atom. The summed E-state index contributed by atoms with van der Waals surface area (Å²) in [4.78, 5) is 81.9. The maximum Gasteiger partial charge on any atom is 0.326 e. The summed E-state index contributed by atoms with van der Waals surface area (Å²) >= 11 is 0. The molecule has 0 aliphatic carbocycles. The van der Waals surface area contributed by atoms with Crippen LogP contribution in [0, 0.1) is 5.92 Å². The third-order valence-corrected chi connectivity index (χ3v) is 4.65. The number of carboxylic acids is 3. The van der Waals surface area contributed by atoms with Gasteiger partial charge in [-0.05, 0) is 25.2 Å². The van der Waals surface area contributed by atoms with Crippen LogP contribution < -0.4 is 27.4 Å². The Labute approximate surface area is 201 Å². The highest BCUT2D eigenvalue weighted by Gasteiger charge is 2.31. The molecule has 0 fully saturated rings. The van der Waals surface area contributed by atoms with E-state index >= 15 is 0 Å². The quantitative estimate of drug-likeness (QED) is 0.103. The third kappa shape index (κ3) is 13.5. The van der Waals surface area contributed by atoms with Crippen LogP contribution in [0.4, 0.5) is 0 Å². The molecule has 0 aliphatic heterocycles. The van der Waals surface area contributed by atoms with Gasteiger partial charge in [0.15, 0.2) is 0 Å². The minimum Gasteiger partial charge on any atom is -0.481 e. The molecular formula is C20H33N5O10. The van der Waals surface area contributed by atoms with E-state index in [1.165, 1.54) is 0 Å². The second-order valence-corrected chi connectivity index (χ2v) is 8.29. The summed E-state index contributed by atoms with van der Waals surface area (Å²) in [5, 5.41) is 33.4. The Balaban J connectivity index is 5.57. The van der Waals surface area contributed by atoms with Crippen molar-refractivity contribution in [1.29, 1.82) is 0 Å². The van der Waals surface area contributed by atoms with Crippen LogP contribution in [-0.2, 0) is 33.6 Å². The van der Waals surface area contributed by atoms with Crippen molar-refractivity contribution in [2.24, 2.45) is 17.4 Å². The number of nitrogens with one attached hydrogen (secondary N) is 3. The fourth-order valence-corrected chi connectivity index (χ4v) is 2.87. The van der Waals surface area contributed by atoms with E-state index in [2.05, 4.69) is 16.0 Å². The van der Waals surface area contributed by atoms with E-state index in [1.54, 1.807) is 13.8 Å². The third-order valence-electron chi connectivity index (χ3n) is 4.65. The van der Waals surface area contributed by atoms with Gasteiger partial charge < -0.3 is 42.7 Å². The number of amides is 4. The predicted octanol–water partition coefficient (Wildman–Crippen LogP) is -2.50. The van der Waals surface area contributed by atoms with Crippen LogP contribution in [0.15, 0.2) is 0 Å². The highest BCUT2D eigenvalue weighted by molar-refractivity contribution is 5.95. The number of hydrogen-bond acceptors (Lipinski definition) is 8. The molecule has 0 aromatic rings. The van der Waals surface area contributed by atoms with Gasteiger partial charge in [0, 0.05) is 12.8 Å². The first-order chi connectivity index (χ1) is 16.1. The van der Waals surface area contributed by atoms with Crippen LogP contribution in [0.5, 0.6) is 0 Å². The van der Waals surface area contributed by atoms with Gasteiger partial charge in [0.1, 0.15) is 18.1 Å². The molecule has 0 saturated heterocycles. The molecule has 4 unspecified atom stereocenters.